The number of aryl methyl sites for hydroxylation is 1. The number of nitrogens with zero attached hydrogens (tertiary/aromatic N) is 2. The van der Waals surface area contributed by atoms with Crippen LogP contribution in [0.2, 0.25) is 0 Å². The summed E-state index contributed by atoms with van der Waals surface area (Å²) in [6.45, 7) is 12.5. The maximum atomic E-state index is 12.7. The Hall–Kier alpha value is -1.46. The molecule has 0 spiro atoms. The van der Waals surface area contributed by atoms with E-state index in [4.69, 9.17) is 4.74 Å². The summed E-state index contributed by atoms with van der Waals surface area (Å²) in [7, 11) is 1.74. The van der Waals surface area contributed by atoms with E-state index in [1.165, 1.54) is 22.3 Å². The molecule has 0 N–H and O–H groups in total. The van der Waals surface area contributed by atoms with Crippen molar-refractivity contribution >= 4 is 6.08 Å². The third-order valence-electron chi connectivity index (χ3n) is 6.03. The van der Waals surface area contributed by atoms with Crippen molar-refractivity contribution in [1.29, 1.82) is 0 Å². The Kier molecular flexibility index (Phi) is 9.57. The van der Waals surface area contributed by atoms with E-state index in [0.29, 0.717) is 19.0 Å². The molecular weight excluding hydrogens is 370 g/mol. The Bertz CT molecular complexity index is 667. The third kappa shape index (κ3) is 6.78. The van der Waals surface area contributed by atoms with E-state index in [2.05, 4.69) is 50.8 Å². The standard InChI is InChI=1S/C24H38F2N2O/c1-6-8-20-15-23(29-5)22(21(19(20)4)10-9-18(3)7-2)16-27-11-13-28(14-12-27)17-24(25)26/h9-10,15,18,24H,6-8,11-14,16-17H2,1-5H3/b10-9-. The maximum absolute atomic E-state index is 12.7. The van der Waals surface area contributed by atoms with E-state index in [0.717, 1.165) is 44.6 Å². The molecular formula is C24H38F2N2O. The van der Waals surface area contributed by atoms with Crippen LogP contribution in [0.15, 0.2) is 12.1 Å². The molecule has 0 saturated carbocycles. The van der Waals surface area contributed by atoms with E-state index >= 15 is 0 Å². The van der Waals surface area contributed by atoms with E-state index in [9.17, 15) is 8.78 Å². The van der Waals surface area contributed by atoms with Gasteiger partial charge in [-0.1, -0.05) is 45.8 Å². The Morgan fingerprint density at radius 1 is 1.14 bits per heavy atom. The first-order valence-electron chi connectivity index (χ1n) is 11.0. The van der Waals surface area contributed by atoms with Gasteiger partial charge in [-0.05, 0) is 42.0 Å². The second-order valence-electron chi connectivity index (χ2n) is 8.22. The van der Waals surface area contributed by atoms with Crippen LogP contribution in [0.4, 0.5) is 8.78 Å². The zero-order valence-electron chi connectivity index (χ0n) is 18.8. The van der Waals surface area contributed by atoms with Gasteiger partial charge in [0.1, 0.15) is 5.75 Å². The lowest BCUT2D eigenvalue weighted by molar-refractivity contribution is 0.0541. The summed E-state index contributed by atoms with van der Waals surface area (Å²) in [5.74, 6) is 1.47. The minimum atomic E-state index is -2.26. The fourth-order valence-corrected chi connectivity index (χ4v) is 3.93. The maximum Gasteiger partial charge on any atom is 0.251 e. The van der Waals surface area contributed by atoms with Gasteiger partial charge in [-0.15, -0.1) is 0 Å². The molecule has 1 aromatic carbocycles. The number of alkyl halides is 2. The molecule has 1 aromatic rings. The SMILES string of the molecule is CCCc1cc(OC)c(CN2CCN(CC(F)F)CC2)c(/C=C\C(C)CC)c1C. The lowest BCUT2D eigenvalue weighted by Crippen LogP contribution is -2.47. The normalized spacial score (nSPS) is 17.4. The highest BCUT2D eigenvalue weighted by Crippen LogP contribution is 2.32. The van der Waals surface area contributed by atoms with Crippen LogP contribution in [0, 0.1) is 12.8 Å². The number of halogens is 2. The third-order valence-corrected chi connectivity index (χ3v) is 6.03. The molecule has 1 atom stereocenters. The first kappa shape index (κ1) is 23.8. The fraction of sp³-hybridized carbons (Fsp3) is 0.667. The van der Waals surface area contributed by atoms with E-state index in [1.807, 2.05) is 4.90 Å². The van der Waals surface area contributed by atoms with Crippen LogP contribution in [0.25, 0.3) is 6.08 Å². The largest absolute Gasteiger partial charge is 0.496 e. The van der Waals surface area contributed by atoms with Gasteiger partial charge in [0, 0.05) is 38.3 Å². The van der Waals surface area contributed by atoms with Gasteiger partial charge < -0.3 is 4.74 Å². The van der Waals surface area contributed by atoms with Crippen molar-refractivity contribution < 1.29 is 13.5 Å². The van der Waals surface area contributed by atoms with Crippen LogP contribution in [0.1, 0.15) is 55.9 Å². The summed E-state index contributed by atoms with van der Waals surface area (Å²) in [6, 6.07) is 2.20. The molecule has 164 valence electrons. The molecule has 0 aliphatic carbocycles. The Balaban J connectivity index is 2.29. The van der Waals surface area contributed by atoms with Gasteiger partial charge in [0.25, 0.3) is 6.43 Å². The minimum absolute atomic E-state index is 0.120. The molecule has 0 radical (unpaired) electrons. The van der Waals surface area contributed by atoms with Crippen molar-refractivity contribution in [2.24, 2.45) is 5.92 Å². The van der Waals surface area contributed by atoms with E-state index in [1.54, 1.807) is 7.11 Å². The van der Waals surface area contributed by atoms with Gasteiger partial charge in [0.2, 0.25) is 0 Å². The number of hydrogen-bond donors (Lipinski definition) is 0. The smallest absolute Gasteiger partial charge is 0.251 e. The van der Waals surface area contributed by atoms with Crippen LogP contribution < -0.4 is 4.74 Å². The van der Waals surface area contributed by atoms with Crippen molar-refractivity contribution in [2.45, 2.75) is 59.9 Å². The summed E-state index contributed by atoms with van der Waals surface area (Å²) in [4.78, 5) is 4.22. The highest BCUT2D eigenvalue weighted by molar-refractivity contribution is 5.64. The first-order valence-corrected chi connectivity index (χ1v) is 11.0. The topological polar surface area (TPSA) is 15.7 Å². The number of allylic oxidation sites excluding steroid dienone is 1. The molecule has 1 saturated heterocycles. The van der Waals surface area contributed by atoms with Crippen LogP contribution in [0.5, 0.6) is 5.75 Å². The summed E-state index contributed by atoms with van der Waals surface area (Å²) >= 11 is 0. The van der Waals surface area contributed by atoms with Gasteiger partial charge in [-0.3, -0.25) is 9.80 Å². The molecule has 3 nitrogen and oxygen atoms in total. The Labute approximate surface area is 175 Å². The summed E-state index contributed by atoms with van der Waals surface area (Å²) in [5, 5.41) is 0. The zero-order chi connectivity index (χ0) is 21.4. The molecule has 1 unspecified atom stereocenters. The average molecular weight is 409 g/mol. The molecule has 1 aliphatic heterocycles. The number of piperazine rings is 1. The van der Waals surface area contributed by atoms with Crippen LogP contribution in [0.3, 0.4) is 0 Å². The van der Waals surface area contributed by atoms with Gasteiger partial charge in [-0.25, -0.2) is 8.78 Å². The van der Waals surface area contributed by atoms with Crippen LogP contribution in [-0.4, -0.2) is 56.1 Å². The lowest BCUT2D eigenvalue weighted by atomic mass is 9.92. The number of ether oxygens (including phenoxy) is 1. The predicted octanol–water partition coefficient (Wildman–Crippen LogP) is 5.40. The second-order valence-corrected chi connectivity index (χ2v) is 8.22. The van der Waals surface area contributed by atoms with E-state index < -0.39 is 6.43 Å². The molecule has 1 aliphatic rings. The average Bonchev–Trinajstić information content (AvgIpc) is 2.70. The van der Waals surface area contributed by atoms with Gasteiger partial charge >= 0.3 is 0 Å². The van der Waals surface area contributed by atoms with Gasteiger partial charge in [0.05, 0.1) is 13.7 Å². The van der Waals surface area contributed by atoms with E-state index in [-0.39, 0.29) is 6.54 Å². The Morgan fingerprint density at radius 2 is 1.79 bits per heavy atom. The molecule has 29 heavy (non-hydrogen) atoms. The van der Waals surface area contributed by atoms with Crippen LogP contribution >= 0.6 is 0 Å². The molecule has 1 heterocycles. The number of hydrogen-bond acceptors (Lipinski definition) is 3. The quantitative estimate of drug-likeness (QED) is 0.516. The number of rotatable bonds is 10. The van der Waals surface area contributed by atoms with Gasteiger partial charge in [0.15, 0.2) is 0 Å². The highest BCUT2D eigenvalue weighted by atomic mass is 19.3. The Morgan fingerprint density at radius 3 is 2.34 bits per heavy atom. The predicted molar refractivity (Wildman–Crippen MR) is 118 cm³/mol. The molecule has 5 heteroatoms. The molecule has 0 bridgehead atoms. The number of methoxy groups -OCH3 is 1. The second kappa shape index (κ2) is 11.7. The summed E-state index contributed by atoms with van der Waals surface area (Å²) in [6.07, 6.45) is 5.56. The molecule has 2 rings (SSSR count). The molecule has 0 aromatic heterocycles. The van der Waals surface area contributed by atoms with Gasteiger partial charge in [-0.2, -0.15) is 0 Å². The minimum Gasteiger partial charge on any atom is -0.496 e. The van der Waals surface area contributed by atoms with Crippen molar-refractivity contribution in [3.8, 4) is 5.75 Å². The lowest BCUT2D eigenvalue weighted by Gasteiger charge is -2.35. The van der Waals surface area contributed by atoms with Crippen molar-refractivity contribution in [2.75, 3.05) is 39.8 Å². The molecule has 1 fully saturated rings. The van der Waals surface area contributed by atoms with Crippen molar-refractivity contribution in [3.63, 3.8) is 0 Å². The monoisotopic (exact) mass is 408 g/mol. The van der Waals surface area contributed by atoms with Crippen molar-refractivity contribution in [3.05, 3.63) is 34.4 Å². The van der Waals surface area contributed by atoms with Crippen molar-refractivity contribution in [1.82, 2.24) is 9.80 Å². The summed E-state index contributed by atoms with van der Waals surface area (Å²) in [5.41, 5.74) is 5.16. The zero-order valence-corrected chi connectivity index (χ0v) is 18.8. The number of benzene rings is 1. The summed E-state index contributed by atoms with van der Waals surface area (Å²) < 4.78 is 31.1. The fourth-order valence-electron chi connectivity index (χ4n) is 3.93. The van der Waals surface area contributed by atoms with Crippen LogP contribution in [-0.2, 0) is 13.0 Å². The first-order chi connectivity index (χ1) is 13.9. The highest BCUT2D eigenvalue weighted by Gasteiger charge is 2.22. The molecule has 0 amide bonds.